The van der Waals surface area contributed by atoms with Crippen molar-refractivity contribution in [3.8, 4) is 27.9 Å². The van der Waals surface area contributed by atoms with Crippen LogP contribution in [0.1, 0.15) is 0 Å². The standard InChI is InChI=1S/C44H26N4/c1-3-11-27(12-4-1)28-19-22-41-34(23-28)35-25-30(26-36-42-44(48(41)43(35)36)46-38-17-9-8-16-37(38)45-42)29-20-21-40-33(24-29)32-15-7-10-18-39(32)47(40)31-13-5-2-6-14-31/h1-26H. The quantitative estimate of drug-likeness (QED) is 0.199. The van der Waals surface area contributed by atoms with Gasteiger partial charge in [0.15, 0.2) is 5.65 Å². The first-order valence-corrected chi connectivity index (χ1v) is 16.3. The summed E-state index contributed by atoms with van der Waals surface area (Å²) in [7, 11) is 0. The molecule has 0 unspecified atom stereocenters. The molecule has 0 spiro atoms. The molecule has 0 N–H and O–H groups in total. The van der Waals surface area contributed by atoms with Gasteiger partial charge >= 0.3 is 0 Å². The number of hydrogen-bond acceptors (Lipinski definition) is 2. The van der Waals surface area contributed by atoms with Crippen molar-refractivity contribution in [1.82, 2.24) is 18.9 Å². The van der Waals surface area contributed by atoms with Gasteiger partial charge in [-0.05, 0) is 89.0 Å². The van der Waals surface area contributed by atoms with Crippen molar-refractivity contribution in [3.05, 3.63) is 158 Å². The van der Waals surface area contributed by atoms with E-state index in [1.165, 1.54) is 60.3 Å². The summed E-state index contributed by atoms with van der Waals surface area (Å²) in [4.78, 5) is 10.4. The molecule has 0 aliphatic heterocycles. The van der Waals surface area contributed by atoms with E-state index in [2.05, 4.69) is 155 Å². The normalized spacial score (nSPS) is 12.2. The number of para-hydroxylation sites is 4. The average Bonchev–Trinajstić information content (AvgIpc) is 3.78. The van der Waals surface area contributed by atoms with E-state index in [-0.39, 0.29) is 0 Å². The van der Waals surface area contributed by atoms with E-state index in [0.717, 1.165) is 38.8 Å². The Labute approximate surface area is 275 Å². The van der Waals surface area contributed by atoms with Crippen molar-refractivity contribution >= 4 is 71.2 Å². The molecule has 0 aliphatic carbocycles. The number of rotatable bonds is 3. The predicted molar refractivity (Wildman–Crippen MR) is 199 cm³/mol. The molecule has 0 aliphatic rings. The third-order valence-corrected chi connectivity index (χ3v) is 10.0. The Hall–Kier alpha value is -6.52. The molecule has 4 aromatic heterocycles. The first-order chi connectivity index (χ1) is 23.8. The number of aromatic nitrogens is 4. The van der Waals surface area contributed by atoms with Gasteiger partial charge in [-0.25, -0.2) is 9.97 Å². The molecular weight excluding hydrogens is 585 g/mol. The summed E-state index contributed by atoms with van der Waals surface area (Å²) in [5.74, 6) is 0. The van der Waals surface area contributed by atoms with Gasteiger partial charge in [0.25, 0.3) is 0 Å². The van der Waals surface area contributed by atoms with Crippen molar-refractivity contribution in [3.63, 3.8) is 0 Å². The summed E-state index contributed by atoms with van der Waals surface area (Å²) in [6.45, 7) is 0. The molecule has 4 nitrogen and oxygen atoms in total. The van der Waals surface area contributed by atoms with Crippen LogP contribution in [0.15, 0.2) is 158 Å². The maximum atomic E-state index is 5.22. The summed E-state index contributed by atoms with van der Waals surface area (Å²) < 4.78 is 4.69. The Balaban J connectivity index is 1.23. The van der Waals surface area contributed by atoms with Crippen LogP contribution in [0.2, 0.25) is 0 Å². The molecule has 0 amide bonds. The van der Waals surface area contributed by atoms with Crippen molar-refractivity contribution in [1.29, 1.82) is 0 Å². The van der Waals surface area contributed by atoms with Gasteiger partial charge in [-0.2, -0.15) is 0 Å². The van der Waals surface area contributed by atoms with Crippen molar-refractivity contribution in [2.24, 2.45) is 0 Å². The summed E-state index contributed by atoms with van der Waals surface area (Å²) >= 11 is 0. The number of benzene rings is 7. The Morgan fingerprint density at radius 3 is 1.77 bits per heavy atom. The van der Waals surface area contributed by atoms with Crippen LogP contribution in [-0.4, -0.2) is 18.9 Å². The lowest BCUT2D eigenvalue weighted by molar-refractivity contribution is 1.18. The van der Waals surface area contributed by atoms with E-state index in [0.29, 0.717) is 0 Å². The third kappa shape index (κ3) is 3.49. The zero-order chi connectivity index (χ0) is 31.3. The summed E-state index contributed by atoms with van der Waals surface area (Å²) in [6, 6.07) is 56.6. The fourth-order valence-corrected chi connectivity index (χ4v) is 7.86. The molecule has 0 bridgehead atoms. The van der Waals surface area contributed by atoms with Crippen LogP contribution in [-0.2, 0) is 0 Å². The topological polar surface area (TPSA) is 35.1 Å². The Morgan fingerprint density at radius 2 is 0.958 bits per heavy atom. The average molecular weight is 611 g/mol. The molecule has 4 heterocycles. The van der Waals surface area contributed by atoms with Crippen LogP contribution in [0.25, 0.3) is 99.1 Å². The molecule has 4 heteroatoms. The minimum Gasteiger partial charge on any atom is -0.309 e. The van der Waals surface area contributed by atoms with Gasteiger partial charge in [0, 0.05) is 32.6 Å². The third-order valence-electron chi connectivity index (χ3n) is 10.0. The lowest BCUT2D eigenvalue weighted by Gasteiger charge is -2.08. The van der Waals surface area contributed by atoms with E-state index in [9.17, 15) is 0 Å². The molecule has 0 fully saturated rings. The second-order valence-electron chi connectivity index (χ2n) is 12.7. The predicted octanol–water partition coefficient (Wildman–Crippen LogP) is 11.2. The highest BCUT2D eigenvalue weighted by atomic mass is 15.0. The molecule has 0 atom stereocenters. The van der Waals surface area contributed by atoms with Crippen LogP contribution in [0.4, 0.5) is 0 Å². The van der Waals surface area contributed by atoms with Gasteiger partial charge in [0.1, 0.15) is 5.52 Å². The fraction of sp³-hybridized carbons (Fsp3) is 0. The lowest BCUT2D eigenvalue weighted by Crippen LogP contribution is -1.92. The van der Waals surface area contributed by atoms with E-state index < -0.39 is 0 Å². The summed E-state index contributed by atoms with van der Waals surface area (Å²) in [5.41, 5.74) is 14.3. The van der Waals surface area contributed by atoms with Crippen molar-refractivity contribution in [2.75, 3.05) is 0 Å². The van der Waals surface area contributed by atoms with Gasteiger partial charge in [0.05, 0.1) is 33.1 Å². The zero-order valence-electron chi connectivity index (χ0n) is 25.8. The zero-order valence-corrected chi connectivity index (χ0v) is 25.8. The van der Waals surface area contributed by atoms with Crippen LogP contribution >= 0.6 is 0 Å². The molecule has 0 saturated carbocycles. The van der Waals surface area contributed by atoms with E-state index >= 15 is 0 Å². The SMILES string of the molecule is c1ccc(-c2ccc3c(c2)c2cc(-c4ccc5c(c4)c4ccccc4n5-c4ccccc4)cc4c5nc6ccccc6nc5n3c24)cc1. The van der Waals surface area contributed by atoms with Crippen LogP contribution in [0.3, 0.4) is 0 Å². The Kier molecular flexibility index (Phi) is 5.08. The number of fused-ring (bicyclic) bond motifs is 10. The molecule has 7 aromatic carbocycles. The van der Waals surface area contributed by atoms with Gasteiger partial charge < -0.3 is 4.57 Å². The number of hydrogen-bond donors (Lipinski definition) is 0. The van der Waals surface area contributed by atoms with Crippen LogP contribution in [0.5, 0.6) is 0 Å². The van der Waals surface area contributed by atoms with Gasteiger partial charge in [0.2, 0.25) is 0 Å². The van der Waals surface area contributed by atoms with E-state index in [1.807, 2.05) is 12.1 Å². The highest BCUT2D eigenvalue weighted by Gasteiger charge is 2.22. The number of nitrogens with zero attached hydrogens (tertiary/aromatic N) is 4. The maximum Gasteiger partial charge on any atom is 0.165 e. The molecule has 0 radical (unpaired) electrons. The van der Waals surface area contributed by atoms with E-state index in [4.69, 9.17) is 9.97 Å². The summed E-state index contributed by atoms with van der Waals surface area (Å²) in [6.07, 6.45) is 0. The van der Waals surface area contributed by atoms with Crippen molar-refractivity contribution in [2.45, 2.75) is 0 Å². The molecule has 48 heavy (non-hydrogen) atoms. The minimum atomic E-state index is 0.898. The second kappa shape index (κ2) is 9.50. The highest BCUT2D eigenvalue weighted by molar-refractivity contribution is 6.24. The summed E-state index contributed by atoms with van der Waals surface area (Å²) in [5, 5.41) is 6.04. The maximum absolute atomic E-state index is 5.22. The van der Waals surface area contributed by atoms with Gasteiger partial charge in [-0.15, -0.1) is 0 Å². The van der Waals surface area contributed by atoms with Crippen LogP contribution < -0.4 is 0 Å². The highest BCUT2D eigenvalue weighted by Crippen LogP contribution is 2.43. The smallest absolute Gasteiger partial charge is 0.165 e. The largest absolute Gasteiger partial charge is 0.309 e. The van der Waals surface area contributed by atoms with Crippen LogP contribution in [0, 0.1) is 0 Å². The molecule has 222 valence electrons. The molecule has 0 saturated heterocycles. The Morgan fingerprint density at radius 1 is 0.375 bits per heavy atom. The van der Waals surface area contributed by atoms with Gasteiger partial charge in [-0.1, -0.05) is 91.0 Å². The molecule has 11 rings (SSSR count). The van der Waals surface area contributed by atoms with Gasteiger partial charge in [-0.3, -0.25) is 4.40 Å². The fourth-order valence-electron chi connectivity index (χ4n) is 7.86. The monoisotopic (exact) mass is 610 g/mol. The van der Waals surface area contributed by atoms with E-state index in [1.54, 1.807) is 0 Å². The Bertz CT molecular complexity index is 3040. The first-order valence-electron chi connectivity index (χ1n) is 16.3. The first kappa shape index (κ1) is 25.6. The second-order valence-corrected chi connectivity index (χ2v) is 12.7. The van der Waals surface area contributed by atoms with Crippen molar-refractivity contribution < 1.29 is 0 Å². The molecular formula is C44H26N4. The minimum absolute atomic E-state index is 0.898. The lowest BCUT2D eigenvalue weighted by atomic mass is 9.97. The molecule has 11 aromatic rings.